The number of aromatic nitrogens is 2. The molecule has 1 atom stereocenters. The molecule has 0 bridgehead atoms. The first-order valence-electron chi connectivity index (χ1n) is 7.23. The van der Waals surface area contributed by atoms with Crippen molar-refractivity contribution in [2.75, 3.05) is 30.7 Å². The van der Waals surface area contributed by atoms with E-state index in [-0.39, 0.29) is 0 Å². The number of hydrogen-bond acceptors (Lipinski definition) is 6. The molecule has 1 aromatic carbocycles. The third kappa shape index (κ3) is 2.70. The van der Waals surface area contributed by atoms with Crippen LogP contribution in [0.1, 0.15) is 26.2 Å². The molecular weight excluding hydrogens is 254 g/mol. The van der Waals surface area contributed by atoms with Crippen LogP contribution < -0.4 is 11.1 Å². The minimum atomic E-state index is 0.344. The molecule has 0 amide bonds. The molecule has 1 fully saturated rings. The van der Waals surface area contributed by atoms with Crippen molar-refractivity contribution in [1.29, 1.82) is 0 Å². The van der Waals surface area contributed by atoms with Gasteiger partial charge in [0.25, 0.3) is 0 Å². The molecule has 1 aliphatic rings. The molecule has 1 aromatic heterocycles. The summed E-state index contributed by atoms with van der Waals surface area (Å²) < 4.78 is 4.79. The van der Waals surface area contributed by atoms with E-state index < -0.39 is 0 Å². The summed E-state index contributed by atoms with van der Waals surface area (Å²) in [6, 6.07) is 4.12. The number of nitrogen functional groups attached to an aromatic ring is 1. The number of nitrogens with one attached hydrogen (secondary N) is 1. The summed E-state index contributed by atoms with van der Waals surface area (Å²) in [6.45, 7) is 5.63. The number of anilines is 2. The first kappa shape index (κ1) is 13.2. The summed E-state index contributed by atoms with van der Waals surface area (Å²) in [6.07, 6.45) is 3.99. The maximum Gasteiger partial charge on any atom is 0.160 e. The predicted molar refractivity (Wildman–Crippen MR) is 79.6 cm³/mol. The Kier molecular flexibility index (Phi) is 3.73. The van der Waals surface area contributed by atoms with E-state index in [0.29, 0.717) is 22.8 Å². The maximum atomic E-state index is 5.85. The molecule has 0 saturated carbocycles. The number of piperidine rings is 1. The molecule has 108 valence electrons. The van der Waals surface area contributed by atoms with Gasteiger partial charge in [-0.25, -0.2) is 4.63 Å². The van der Waals surface area contributed by atoms with Gasteiger partial charge >= 0.3 is 0 Å². The fourth-order valence-corrected chi connectivity index (χ4v) is 2.84. The molecule has 0 spiro atoms. The van der Waals surface area contributed by atoms with Crippen molar-refractivity contribution in [1.82, 2.24) is 15.2 Å². The molecule has 0 radical (unpaired) electrons. The van der Waals surface area contributed by atoms with Gasteiger partial charge < -0.3 is 16.0 Å². The van der Waals surface area contributed by atoms with Crippen LogP contribution >= 0.6 is 0 Å². The Bertz CT molecular complexity index is 576. The van der Waals surface area contributed by atoms with Crippen molar-refractivity contribution in [3.8, 4) is 0 Å². The normalized spacial score (nSPS) is 18.2. The summed E-state index contributed by atoms with van der Waals surface area (Å²) in [4.78, 5) is 2.51. The molecule has 6 heteroatoms. The average molecular weight is 275 g/mol. The lowest BCUT2D eigenvalue weighted by Crippen LogP contribution is -2.38. The van der Waals surface area contributed by atoms with Gasteiger partial charge in [-0.3, -0.25) is 0 Å². The van der Waals surface area contributed by atoms with E-state index in [1.165, 1.54) is 32.4 Å². The lowest BCUT2D eigenvalue weighted by Gasteiger charge is -2.29. The zero-order chi connectivity index (χ0) is 13.9. The fraction of sp³-hybridized carbons (Fsp3) is 0.571. The minimum Gasteiger partial charge on any atom is -0.397 e. The molecule has 1 aliphatic heterocycles. The average Bonchev–Trinajstić information content (AvgIpc) is 2.93. The highest BCUT2D eigenvalue weighted by Crippen LogP contribution is 2.25. The summed E-state index contributed by atoms with van der Waals surface area (Å²) in [5.74, 6) is 0. The van der Waals surface area contributed by atoms with Crippen LogP contribution in [-0.2, 0) is 0 Å². The van der Waals surface area contributed by atoms with Gasteiger partial charge in [0, 0.05) is 12.6 Å². The number of rotatable bonds is 4. The number of benzene rings is 1. The van der Waals surface area contributed by atoms with Crippen LogP contribution in [0.15, 0.2) is 16.8 Å². The van der Waals surface area contributed by atoms with E-state index in [4.69, 9.17) is 10.4 Å². The van der Waals surface area contributed by atoms with Gasteiger partial charge in [-0.15, -0.1) is 0 Å². The van der Waals surface area contributed by atoms with E-state index in [1.54, 1.807) is 0 Å². The quantitative estimate of drug-likeness (QED) is 0.832. The van der Waals surface area contributed by atoms with Gasteiger partial charge in [0.15, 0.2) is 11.0 Å². The van der Waals surface area contributed by atoms with E-state index in [0.717, 1.165) is 12.2 Å². The van der Waals surface area contributed by atoms with Gasteiger partial charge in [-0.05, 0) is 55.3 Å². The monoisotopic (exact) mass is 275 g/mol. The molecule has 6 nitrogen and oxygen atoms in total. The lowest BCUT2D eigenvalue weighted by atomic mass is 10.1. The zero-order valence-electron chi connectivity index (χ0n) is 11.8. The molecule has 0 aliphatic carbocycles. The lowest BCUT2D eigenvalue weighted by molar-refractivity contribution is 0.223. The third-order valence-electron chi connectivity index (χ3n) is 3.83. The Balaban J connectivity index is 1.69. The second-order valence-electron chi connectivity index (χ2n) is 5.57. The Morgan fingerprint density at radius 1 is 1.25 bits per heavy atom. The van der Waals surface area contributed by atoms with E-state index in [2.05, 4.69) is 27.5 Å². The fourth-order valence-electron chi connectivity index (χ4n) is 2.84. The second kappa shape index (κ2) is 5.66. The van der Waals surface area contributed by atoms with Crippen molar-refractivity contribution in [3.63, 3.8) is 0 Å². The molecule has 20 heavy (non-hydrogen) atoms. The van der Waals surface area contributed by atoms with Crippen molar-refractivity contribution in [2.24, 2.45) is 0 Å². The van der Waals surface area contributed by atoms with Crippen molar-refractivity contribution >= 4 is 22.4 Å². The molecule has 2 heterocycles. The highest BCUT2D eigenvalue weighted by molar-refractivity contribution is 5.95. The van der Waals surface area contributed by atoms with Gasteiger partial charge in [0.05, 0.1) is 11.4 Å². The van der Waals surface area contributed by atoms with Crippen molar-refractivity contribution in [3.05, 3.63) is 12.1 Å². The van der Waals surface area contributed by atoms with Crippen LogP contribution in [-0.4, -0.2) is 40.9 Å². The Labute approximate surface area is 118 Å². The number of nitrogens with zero attached hydrogens (tertiary/aromatic N) is 3. The molecule has 1 unspecified atom stereocenters. The van der Waals surface area contributed by atoms with Crippen molar-refractivity contribution in [2.45, 2.75) is 32.2 Å². The van der Waals surface area contributed by atoms with Crippen LogP contribution in [0.4, 0.5) is 11.4 Å². The zero-order valence-corrected chi connectivity index (χ0v) is 11.8. The highest BCUT2D eigenvalue weighted by Gasteiger charge is 2.15. The van der Waals surface area contributed by atoms with Crippen LogP contribution in [0.3, 0.4) is 0 Å². The highest BCUT2D eigenvalue weighted by atomic mass is 16.6. The van der Waals surface area contributed by atoms with E-state index in [9.17, 15) is 0 Å². The first-order valence-corrected chi connectivity index (χ1v) is 7.23. The van der Waals surface area contributed by atoms with Crippen molar-refractivity contribution < 1.29 is 4.63 Å². The van der Waals surface area contributed by atoms with Gasteiger partial charge in [-0.1, -0.05) is 6.42 Å². The largest absolute Gasteiger partial charge is 0.397 e. The standard InChI is InChI=1S/C14H21N5O/c1-10(9-19-7-3-2-4-8-19)16-12-6-5-11(15)13-14(12)18-20-17-13/h5-6,10,16H,2-4,7-9,15H2,1H3. The Morgan fingerprint density at radius 2 is 2.00 bits per heavy atom. The Hall–Kier alpha value is -1.82. The summed E-state index contributed by atoms with van der Waals surface area (Å²) in [5.41, 5.74) is 8.70. The number of likely N-dealkylation sites (tertiary alicyclic amines) is 1. The number of fused-ring (bicyclic) bond motifs is 1. The van der Waals surface area contributed by atoms with Crippen LogP contribution in [0.25, 0.3) is 11.0 Å². The summed E-state index contributed by atoms with van der Waals surface area (Å²) in [7, 11) is 0. The maximum absolute atomic E-state index is 5.85. The minimum absolute atomic E-state index is 0.344. The number of hydrogen-bond donors (Lipinski definition) is 2. The molecule has 3 rings (SSSR count). The second-order valence-corrected chi connectivity index (χ2v) is 5.57. The van der Waals surface area contributed by atoms with Gasteiger partial charge in [0.1, 0.15) is 0 Å². The van der Waals surface area contributed by atoms with Gasteiger partial charge in [-0.2, -0.15) is 0 Å². The molecular formula is C14H21N5O. The van der Waals surface area contributed by atoms with Gasteiger partial charge in [0.2, 0.25) is 0 Å². The van der Waals surface area contributed by atoms with E-state index in [1.807, 2.05) is 12.1 Å². The SMILES string of the molecule is CC(CN1CCCCC1)Nc1ccc(N)c2nonc12. The van der Waals surface area contributed by atoms with E-state index >= 15 is 0 Å². The first-order chi connectivity index (χ1) is 9.74. The predicted octanol–water partition coefficient (Wildman–Crippen LogP) is 2.09. The number of nitrogens with two attached hydrogens (primary N) is 1. The topological polar surface area (TPSA) is 80.2 Å². The van der Waals surface area contributed by atoms with Crippen LogP contribution in [0.2, 0.25) is 0 Å². The summed E-state index contributed by atoms with van der Waals surface area (Å²) in [5, 5.41) is 11.3. The smallest absolute Gasteiger partial charge is 0.160 e. The third-order valence-corrected chi connectivity index (χ3v) is 3.83. The Morgan fingerprint density at radius 3 is 2.80 bits per heavy atom. The van der Waals surface area contributed by atoms with Crippen LogP contribution in [0, 0.1) is 0 Å². The molecule has 1 saturated heterocycles. The van der Waals surface area contributed by atoms with Crippen LogP contribution in [0.5, 0.6) is 0 Å². The molecule has 3 N–H and O–H groups in total. The molecule has 2 aromatic rings. The summed E-state index contributed by atoms with van der Waals surface area (Å²) >= 11 is 0.